The van der Waals surface area contributed by atoms with Gasteiger partial charge >= 0.3 is 0 Å². The first-order valence-electron chi connectivity index (χ1n) is 6.05. The van der Waals surface area contributed by atoms with Crippen molar-refractivity contribution in [3.63, 3.8) is 0 Å². The van der Waals surface area contributed by atoms with Gasteiger partial charge in [0.25, 0.3) is 0 Å². The quantitative estimate of drug-likeness (QED) is 0.695. The Morgan fingerprint density at radius 3 is 2.40 bits per heavy atom. The molecule has 0 heterocycles. The molecule has 3 rings (SSSR count). The summed E-state index contributed by atoms with van der Waals surface area (Å²) < 4.78 is 0. The van der Waals surface area contributed by atoms with E-state index < -0.39 is 0 Å². The van der Waals surface area contributed by atoms with Gasteiger partial charge in [0.2, 0.25) is 0 Å². The molecule has 2 heteroatoms. The number of Topliss-reactive ketones (excluding diaryl/α,β-unsaturated/α-hetero) is 2. The van der Waals surface area contributed by atoms with E-state index in [1.54, 1.807) is 13.8 Å². The molecule has 3 saturated carbocycles. The SMILES string of the molecule is CC(=O)C12CCCC3CC(C(C)=O)(C1)C32. The van der Waals surface area contributed by atoms with Gasteiger partial charge in [-0.25, -0.2) is 0 Å². The highest BCUT2D eigenvalue weighted by molar-refractivity contribution is 5.93. The van der Waals surface area contributed by atoms with Crippen LogP contribution in [0.4, 0.5) is 0 Å². The number of rotatable bonds is 2. The lowest BCUT2D eigenvalue weighted by atomic mass is 9.28. The summed E-state index contributed by atoms with van der Waals surface area (Å²) in [6.07, 6.45) is 5.41. The minimum Gasteiger partial charge on any atom is -0.299 e. The Kier molecular flexibility index (Phi) is 1.61. The smallest absolute Gasteiger partial charge is 0.136 e. The van der Waals surface area contributed by atoms with Crippen molar-refractivity contribution >= 4 is 11.6 Å². The average Bonchev–Trinajstić information content (AvgIpc) is 2.06. The molecule has 82 valence electrons. The van der Waals surface area contributed by atoms with Gasteiger partial charge < -0.3 is 0 Å². The molecule has 15 heavy (non-hydrogen) atoms. The monoisotopic (exact) mass is 206 g/mol. The summed E-state index contributed by atoms with van der Waals surface area (Å²) in [6.45, 7) is 3.44. The van der Waals surface area contributed by atoms with Gasteiger partial charge in [-0.1, -0.05) is 12.8 Å². The first kappa shape index (κ1) is 9.56. The van der Waals surface area contributed by atoms with Crippen molar-refractivity contribution in [1.82, 2.24) is 0 Å². The maximum atomic E-state index is 11.8. The molecule has 2 nitrogen and oxygen atoms in total. The van der Waals surface area contributed by atoms with E-state index in [1.807, 2.05) is 0 Å². The molecule has 3 fully saturated rings. The summed E-state index contributed by atoms with van der Waals surface area (Å²) in [5.41, 5.74) is -0.135. The van der Waals surface area contributed by atoms with E-state index in [4.69, 9.17) is 0 Å². The van der Waals surface area contributed by atoms with Crippen LogP contribution >= 0.6 is 0 Å². The van der Waals surface area contributed by atoms with E-state index in [2.05, 4.69) is 0 Å². The Labute approximate surface area is 90.4 Å². The third-order valence-corrected chi connectivity index (χ3v) is 5.52. The first-order chi connectivity index (χ1) is 7.03. The van der Waals surface area contributed by atoms with Crippen LogP contribution in [0.25, 0.3) is 0 Å². The van der Waals surface area contributed by atoms with E-state index >= 15 is 0 Å². The lowest BCUT2D eigenvalue weighted by Crippen LogP contribution is -2.73. The van der Waals surface area contributed by atoms with Crippen molar-refractivity contribution in [2.24, 2.45) is 22.7 Å². The van der Waals surface area contributed by atoms with Crippen molar-refractivity contribution in [1.29, 1.82) is 0 Å². The van der Waals surface area contributed by atoms with E-state index in [9.17, 15) is 9.59 Å². The van der Waals surface area contributed by atoms with Crippen LogP contribution in [-0.2, 0) is 9.59 Å². The Balaban J connectivity index is 1.96. The lowest BCUT2D eigenvalue weighted by Gasteiger charge is -2.74. The molecule has 4 atom stereocenters. The summed E-state index contributed by atoms with van der Waals surface area (Å²) in [5.74, 6) is 1.78. The average molecular weight is 206 g/mol. The Morgan fingerprint density at radius 2 is 1.80 bits per heavy atom. The molecular weight excluding hydrogens is 188 g/mol. The highest BCUT2D eigenvalue weighted by atomic mass is 16.1. The van der Waals surface area contributed by atoms with Crippen molar-refractivity contribution in [2.75, 3.05) is 0 Å². The van der Waals surface area contributed by atoms with Crippen LogP contribution in [0.5, 0.6) is 0 Å². The first-order valence-corrected chi connectivity index (χ1v) is 6.05. The zero-order chi connectivity index (χ0) is 10.8. The third-order valence-electron chi connectivity index (χ3n) is 5.52. The highest BCUT2D eigenvalue weighted by Gasteiger charge is 2.76. The molecule has 0 aromatic carbocycles. The van der Waals surface area contributed by atoms with Crippen molar-refractivity contribution < 1.29 is 9.59 Å². The molecule has 0 spiro atoms. The molecule has 0 N–H and O–H groups in total. The van der Waals surface area contributed by atoms with E-state index in [0.717, 1.165) is 19.3 Å². The Bertz CT molecular complexity index is 360. The van der Waals surface area contributed by atoms with E-state index in [-0.39, 0.29) is 10.8 Å². The molecule has 0 aromatic heterocycles. The van der Waals surface area contributed by atoms with Gasteiger partial charge in [0.15, 0.2) is 0 Å². The van der Waals surface area contributed by atoms with Crippen LogP contribution in [0.1, 0.15) is 46.0 Å². The summed E-state index contributed by atoms with van der Waals surface area (Å²) in [5, 5.41) is 0. The fourth-order valence-electron chi connectivity index (χ4n) is 4.91. The van der Waals surface area contributed by atoms with Gasteiger partial charge in [-0.05, 0) is 44.9 Å². The number of hydrogen-bond acceptors (Lipinski definition) is 2. The molecule has 3 aliphatic rings. The maximum Gasteiger partial charge on any atom is 0.136 e. The highest BCUT2D eigenvalue weighted by Crippen LogP contribution is 2.77. The summed E-state index contributed by atoms with van der Waals surface area (Å²) in [7, 11) is 0. The minimum atomic E-state index is -0.0766. The maximum absolute atomic E-state index is 11.8. The molecule has 0 radical (unpaired) electrons. The van der Waals surface area contributed by atoms with E-state index in [0.29, 0.717) is 23.4 Å². The predicted molar refractivity (Wildman–Crippen MR) is 56.3 cm³/mol. The summed E-state index contributed by atoms with van der Waals surface area (Å²) in [6, 6.07) is 0. The van der Waals surface area contributed by atoms with Gasteiger partial charge in [-0.3, -0.25) is 9.59 Å². The zero-order valence-electron chi connectivity index (χ0n) is 9.51. The second-order valence-corrected chi connectivity index (χ2v) is 5.94. The van der Waals surface area contributed by atoms with Gasteiger partial charge in [-0.2, -0.15) is 0 Å². The molecule has 0 aromatic rings. The normalized spacial score (nSPS) is 51.1. The van der Waals surface area contributed by atoms with Crippen molar-refractivity contribution in [3.8, 4) is 0 Å². The molecule has 3 aliphatic carbocycles. The predicted octanol–water partition coefficient (Wildman–Crippen LogP) is 2.36. The summed E-state index contributed by atoms with van der Waals surface area (Å²) in [4.78, 5) is 23.5. The lowest BCUT2D eigenvalue weighted by molar-refractivity contribution is -0.245. The van der Waals surface area contributed by atoms with Crippen LogP contribution in [0.2, 0.25) is 0 Å². The second kappa shape index (κ2) is 2.53. The van der Waals surface area contributed by atoms with Crippen LogP contribution in [-0.4, -0.2) is 11.6 Å². The molecule has 0 saturated heterocycles. The third kappa shape index (κ3) is 0.834. The number of ketones is 2. The molecular formula is C13H18O2. The fourth-order valence-corrected chi connectivity index (χ4v) is 4.91. The zero-order valence-corrected chi connectivity index (χ0v) is 9.51. The van der Waals surface area contributed by atoms with E-state index in [1.165, 1.54) is 12.8 Å². The topological polar surface area (TPSA) is 34.1 Å². The second-order valence-electron chi connectivity index (χ2n) is 5.94. The molecule has 0 amide bonds. The fraction of sp³-hybridized carbons (Fsp3) is 0.846. The largest absolute Gasteiger partial charge is 0.299 e. The van der Waals surface area contributed by atoms with Crippen LogP contribution in [0.15, 0.2) is 0 Å². The Hall–Kier alpha value is -0.660. The van der Waals surface area contributed by atoms with Gasteiger partial charge in [0.05, 0.1) is 0 Å². The van der Waals surface area contributed by atoms with Gasteiger partial charge in [0.1, 0.15) is 11.6 Å². The number of carbonyl (C=O) groups is 2. The van der Waals surface area contributed by atoms with Crippen LogP contribution in [0.3, 0.4) is 0 Å². The standard InChI is InChI=1S/C13H18O2/c1-8(14)12-5-3-4-10-6-13(7-12,9(2)15)11(10)12/h10-11H,3-7H2,1-2H3. The molecule has 4 unspecified atom stereocenters. The van der Waals surface area contributed by atoms with Gasteiger partial charge in [0, 0.05) is 10.8 Å². The van der Waals surface area contributed by atoms with Crippen molar-refractivity contribution in [2.45, 2.75) is 46.0 Å². The van der Waals surface area contributed by atoms with Crippen molar-refractivity contribution in [3.05, 3.63) is 0 Å². The van der Waals surface area contributed by atoms with Crippen LogP contribution in [0, 0.1) is 22.7 Å². The molecule has 0 bridgehead atoms. The van der Waals surface area contributed by atoms with Crippen LogP contribution < -0.4 is 0 Å². The van der Waals surface area contributed by atoms with Gasteiger partial charge in [-0.15, -0.1) is 0 Å². The Morgan fingerprint density at radius 1 is 1.13 bits per heavy atom. The minimum absolute atomic E-state index is 0.0588. The molecule has 0 aliphatic heterocycles. The number of hydrogen-bond donors (Lipinski definition) is 0. The summed E-state index contributed by atoms with van der Waals surface area (Å²) >= 11 is 0. The number of carbonyl (C=O) groups excluding carboxylic acids is 2.